The van der Waals surface area contributed by atoms with Crippen molar-refractivity contribution in [1.82, 2.24) is 29.8 Å². The van der Waals surface area contributed by atoms with Crippen LogP contribution < -0.4 is 5.56 Å². The minimum absolute atomic E-state index is 0.187. The maximum atomic E-state index is 14.7. The summed E-state index contributed by atoms with van der Waals surface area (Å²) in [5, 5.41) is 24.0. The topological polar surface area (TPSA) is 98.7 Å². The van der Waals surface area contributed by atoms with Crippen LogP contribution in [-0.2, 0) is 12.1 Å². The Morgan fingerprint density at radius 3 is 2.73 bits per heavy atom. The number of nitrogens with zero attached hydrogens (tertiary/aromatic N) is 6. The van der Waals surface area contributed by atoms with Crippen molar-refractivity contribution in [1.29, 1.82) is 0 Å². The quantitative estimate of drug-likeness (QED) is 0.520. The molecule has 1 N–H and O–H groups in total. The third kappa shape index (κ3) is 3.44. The van der Waals surface area contributed by atoms with Gasteiger partial charge in [-0.2, -0.15) is 5.10 Å². The molecule has 0 aliphatic carbocycles. The van der Waals surface area contributed by atoms with Gasteiger partial charge < -0.3 is 5.11 Å². The van der Waals surface area contributed by atoms with Crippen molar-refractivity contribution in [2.45, 2.75) is 25.1 Å². The first-order valence-corrected chi connectivity index (χ1v) is 9.22. The van der Waals surface area contributed by atoms with Gasteiger partial charge in [-0.05, 0) is 31.2 Å². The monoisotopic (exact) mass is 432 g/mol. The number of rotatable bonds is 5. The average molecular weight is 433 g/mol. The molecule has 2 atom stereocenters. The van der Waals surface area contributed by atoms with Crippen LogP contribution in [0, 0.1) is 11.6 Å². The van der Waals surface area contributed by atoms with E-state index in [0.29, 0.717) is 16.6 Å². The highest BCUT2D eigenvalue weighted by Gasteiger charge is 2.41. The molecule has 0 saturated heterocycles. The Kier molecular flexibility index (Phi) is 5.04. The highest BCUT2D eigenvalue weighted by molar-refractivity contribution is 6.31. The van der Waals surface area contributed by atoms with Crippen LogP contribution in [0.5, 0.6) is 0 Å². The summed E-state index contributed by atoms with van der Waals surface area (Å²) < 4.78 is 30.4. The first-order chi connectivity index (χ1) is 14.3. The summed E-state index contributed by atoms with van der Waals surface area (Å²) in [6.07, 6.45) is 2.57. The number of benzene rings is 2. The number of hydrogen-bond acceptors (Lipinski definition) is 6. The van der Waals surface area contributed by atoms with E-state index >= 15 is 0 Å². The van der Waals surface area contributed by atoms with Gasteiger partial charge in [0.15, 0.2) is 0 Å². The highest BCUT2D eigenvalue weighted by atomic mass is 35.5. The van der Waals surface area contributed by atoms with E-state index in [0.717, 1.165) is 16.8 Å². The van der Waals surface area contributed by atoms with Gasteiger partial charge in [-0.3, -0.25) is 4.79 Å². The summed E-state index contributed by atoms with van der Waals surface area (Å²) >= 11 is 5.99. The number of halogens is 3. The van der Waals surface area contributed by atoms with Gasteiger partial charge in [0.1, 0.15) is 35.4 Å². The van der Waals surface area contributed by atoms with E-state index in [4.69, 9.17) is 11.6 Å². The van der Waals surface area contributed by atoms with Crippen LogP contribution in [0.15, 0.2) is 53.8 Å². The molecule has 0 fully saturated rings. The Morgan fingerprint density at radius 1 is 1.23 bits per heavy atom. The molecule has 0 radical (unpaired) electrons. The van der Waals surface area contributed by atoms with Crippen LogP contribution in [0.3, 0.4) is 0 Å². The van der Waals surface area contributed by atoms with Gasteiger partial charge in [-0.25, -0.2) is 23.1 Å². The predicted molar refractivity (Wildman–Crippen MR) is 104 cm³/mol. The minimum Gasteiger partial charge on any atom is -0.381 e. The number of hydrogen-bond donors (Lipinski definition) is 1. The van der Waals surface area contributed by atoms with Crippen molar-refractivity contribution >= 4 is 22.5 Å². The molecular formula is C19H15ClF2N6O2. The molecule has 2 aromatic carbocycles. The Bertz CT molecular complexity index is 1280. The van der Waals surface area contributed by atoms with Crippen molar-refractivity contribution in [3.05, 3.63) is 81.6 Å². The molecule has 0 bridgehead atoms. The van der Waals surface area contributed by atoms with Gasteiger partial charge in [0.05, 0.1) is 18.0 Å². The number of fused-ring (bicyclic) bond motifs is 1. The summed E-state index contributed by atoms with van der Waals surface area (Å²) in [5.41, 5.74) is -2.53. The highest BCUT2D eigenvalue weighted by Crippen LogP contribution is 2.35. The molecule has 8 nitrogen and oxygen atoms in total. The van der Waals surface area contributed by atoms with Gasteiger partial charge >= 0.3 is 0 Å². The second-order valence-electron chi connectivity index (χ2n) is 6.82. The Hall–Kier alpha value is -3.24. The SMILES string of the molecule is C[C@@H](n1nnc2ccc(Cl)cc2c1=O)[C@](O)(Cn1cncn1)c1ccc(F)cc1F. The largest absolute Gasteiger partial charge is 0.381 e. The van der Waals surface area contributed by atoms with Crippen LogP contribution in [0.1, 0.15) is 18.5 Å². The van der Waals surface area contributed by atoms with Crippen LogP contribution in [0.25, 0.3) is 10.9 Å². The van der Waals surface area contributed by atoms with Crippen LogP contribution in [-0.4, -0.2) is 34.9 Å². The lowest BCUT2D eigenvalue weighted by molar-refractivity contribution is -0.0390. The van der Waals surface area contributed by atoms with Crippen LogP contribution in [0.4, 0.5) is 8.78 Å². The summed E-state index contributed by atoms with van der Waals surface area (Å²) in [6, 6.07) is 6.23. The van der Waals surface area contributed by atoms with E-state index in [1.54, 1.807) is 12.1 Å². The summed E-state index contributed by atoms with van der Waals surface area (Å²) in [7, 11) is 0. The van der Waals surface area contributed by atoms with E-state index in [2.05, 4.69) is 20.4 Å². The van der Waals surface area contributed by atoms with E-state index in [9.17, 15) is 18.7 Å². The van der Waals surface area contributed by atoms with Crippen LogP contribution >= 0.6 is 11.6 Å². The second kappa shape index (κ2) is 7.54. The molecule has 11 heteroatoms. The van der Waals surface area contributed by atoms with Crippen molar-refractivity contribution < 1.29 is 13.9 Å². The lowest BCUT2D eigenvalue weighted by Crippen LogP contribution is -2.44. The molecule has 0 spiro atoms. The molecule has 2 heterocycles. The molecule has 0 amide bonds. The zero-order valence-corrected chi connectivity index (χ0v) is 16.3. The zero-order valence-electron chi connectivity index (χ0n) is 15.6. The standard InChI is InChI=1S/C19H15ClF2N6O2/c1-11(28-18(29)14-6-12(20)2-5-17(14)25-26-28)19(30,8-27-10-23-9-24-27)15-4-3-13(21)7-16(15)22/h2-7,9-11,30H,8H2,1H3/t11-,19-/m1/s1. The van der Waals surface area contributed by atoms with E-state index < -0.39 is 28.8 Å². The third-order valence-corrected chi connectivity index (χ3v) is 5.21. The Balaban J connectivity index is 1.90. The molecular weight excluding hydrogens is 418 g/mol. The molecule has 0 aliphatic rings. The first kappa shape index (κ1) is 20.0. The Labute approximate surface area is 173 Å². The molecule has 0 aliphatic heterocycles. The van der Waals surface area contributed by atoms with E-state index in [1.807, 2.05) is 0 Å². The number of aromatic nitrogens is 6. The average Bonchev–Trinajstić information content (AvgIpc) is 3.21. The van der Waals surface area contributed by atoms with E-state index in [1.165, 1.54) is 30.3 Å². The van der Waals surface area contributed by atoms with Gasteiger partial charge in [0.25, 0.3) is 5.56 Å². The van der Waals surface area contributed by atoms with Gasteiger partial charge in [0, 0.05) is 16.7 Å². The summed E-state index contributed by atoms with van der Waals surface area (Å²) in [4.78, 5) is 16.9. The molecule has 30 heavy (non-hydrogen) atoms. The van der Waals surface area contributed by atoms with Crippen LogP contribution in [0.2, 0.25) is 5.02 Å². The van der Waals surface area contributed by atoms with Gasteiger partial charge in [-0.1, -0.05) is 22.9 Å². The van der Waals surface area contributed by atoms with Gasteiger partial charge in [0.2, 0.25) is 0 Å². The summed E-state index contributed by atoms with van der Waals surface area (Å²) in [6.45, 7) is 1.20. The zero-order chi connectivity index (χ0) is 21.5. The molecule has 0 unspecified atom stereocenters. The number of aliphatic hydroxyl groups is 1. The third-order valence-electron chi connectivity index (χ3n) is 4.97. The molecule has 4 rings (SSSR count). The normalized spacial score (nSPS) is 14.6. The van der Waals surface area contributed by atoms with Crippen molar-refractivity contribution in [2.24, 2.45) is 0 Å². The maximum absolute atomic E-state index is 14.7. The van der Waals surface area contributed by atoms with Gasteiger partial charge in [-0.15, -0.1) is 5.10 Å². The van der Waals surface area contributed by atoms with Crippen molar-refractivity contribution in [2.75, 3.05) is 0 Å². The predicted octanol–water partition coefficient (Wildman–Crippen LogP) is 2.46. The molecule has 2 aromatic heterocycles. The Morgan fingerprint density at radius 2 is 2.03 bits per heavy atom. The maximum Gasteiger partial charge on any atom is 0.278 e. The first-order valence-electron chi connectivity index (χ1n) is 8.84. The smallest absolute Gasteiger partial charge is 0.278 e. The second-order valence-corrected chi connectivity index (χ2v) is 7.25. The lowest BCUT2D eigenvalue weighted by Gasteiger charge is -2.34. The fourth-order valence-corrected chi connectivity index (χ4v) is 3.50. The summed E-state index contributed by atoms with van der Waals surface area (Å²) in [5.74, 6) is -1.78. The molecule has 4 aromatic rings. The van der Waals surface area contributed by atoms with E-state index in [-0.39, 0.29) is 17.5 Å². The fourth-order valence-electron chi connectivity index (χ4n) is 3.33. The fraction of sp³-hybridized carbons (Fsp3) is 0.211. The molecule has 0 saturated carbocycles. The van der Waals surface area contributed by atoms with Crippen molar-refractivity contribution in [3.63, 3.8) is 0 Å². The lowest BCUT2D eigenvalue weighted by atomic mass is 9.86. The molecule has 154 valence electrons. The van der Waals surface area contributed by atoms with Crippen molar-refractivity contribution in [3.8, 4) is 0 Å². The minimum atomic E-state index is -2.05.